The first-order chi connectivity index (χ1) is 12.4. The van der Waals surface area contributed by atoms with E-state index in [1.54, 1.807) is 42.3 Å². The molecule has 0 bridgehead atoms. The summed E-state index contributed by atoms with van der Waals surface area (Å²) >= 11 is 1.45. The molecular formula is C18H17F3N2O2S. The Bertz CT molecular complexity index is 781. The van der Waals surface area contributed by atoms with E-state index in [0.29, 0.717) is 29.3 Å². The Hall–Kier alpha value is -2.35. The number of nitrogens with one attached hydrogen (secondary N) is 1. The lowest BCUT2D eigenvalue weighted by atomic mass is 10.1. The molecule has 2 aromatic rings. The smallest absolute Gasteiger partial charge is 0.416 e. The van der Waals surface area contributed by atoms with Crippen LogP contribution >= 0.6 is 11.8 Å². The minimum atomic E-state index is -4.41. The molecule has 138 valence electrons. The Morgan fingerprint density at radius 1 is 1.23 bits per heavy atom. The molecule has 1 atom stereocenters. The van der Waals surface area contributed by atoms with Crippen LogP contribution in [0.15, 0.2) is 48.5 Å². The number of hydrogen-bond acceptors (Lipinski definition) is 3. The van der Waals surface area contributed by atoms with Crippen LogP contribution < -0.4 is 10.1 Å². The molecular weight excluding hydrogens is 365 g/mol. The minimum Gasteiger partial charge on any atom is -0.497 e. The van der Waals surface area contributed by atoms with Gasteiger partial charge >= 0.3 is 12.2 Å². The van der Waals surface area contributed by atoms with Gasteiger partial charge in [-0.2, -0.15) is 13.2 Å². The van der Waals surface area contributed by atoms with Gasteiger partial charge in [-0.25, -0.2) is 4.79 Å². The number of urea groups is 1. The van der Waals surface area contributed by atoms with Crippen molar-refractivity contribution in [3.63, 3.8) is 0 Å². The van der Waals surface area contributed by atoms with E-state index < -0.39 is 17.1 Å². The first-order valence-electron chi connectivity index (χ1n) is 7.89. The van der Waals surface area contributed by atoms with Crippen molar-refractivity contribution in [2.75, 3.05) is 24.7 Å². The van der Waals surface area contributed by atoms with Crippen molar-refractivity contribution in [1.82, 2.24) is 4.90 Å². The second-order valence-electron chi connectivity index (χ2n) is 5.70. The summed E-state index contributed by atoms with van der Waals surface area (Å²) in [6.45, 7) is 0.466. The lowest BCUT2D eigenvalue weighted by Crippen LogP contribution is -2.34. The van der Waals surface area contributed by atoms with Crippen LogP contribution in [0.4, 0.5) is 23.7 Å². The molecule has 0 spiro atoms. The summed E-state index contributed by atoms with van der Waals surface area (Å²) in [5.74, 6) is 1.33. The van der Waals surface area contributed by atoms with Gasteiger partial charge in [0.15, 0.2) is 0 Å². The van der Waals surface area contributed by atoms with Gasteiger partial charge in [-0.15, -0.1) is 11.8 Å². The van der Waals surface area contributed by atoms with Crippen LogP contribution in [0.3, 0.4) is 0 Å². The Morgan fingerprint density at radius 3 is 2.62 bits per heavy atom. The number of hydrogen-bond donors (Lipinski definition) is 1. The van der Waals surface area contributed by atoms with Crippen LogP contribution in [0.25, 0.3) is 0 Å². The molecule has 3 rings (SSSR count). The van der Waals surface area contributed by atoms with E-state index in [-0.39, 0.29) is 6.03 Å². The number of carbonyl (C=O) groups is 1. The van der Waals surface area contributed by atoms with Crippen LogP contribution in [0.2, 0.25) is 0 Å². The summed E-state index contributed by atoms with van der Waals surface area (Å²) in [4.78, 5) is 14.1. The van der Waals surface area contributed by atoms with E-state index in [4.69, 9.17) is 4.74 Å². The maximum absolute atomic E-state index is 12.9. The molecule has 1 aliphatic rings. The lowest BCUT2D eigenvalue weighted by Gasteiger charge is -2.25. The number of methoxy groups -OCH3 is 1. The molecule has 26 heavy (non-hydrogen) atoms. The van der Waals surface area contributed by atoms with Gasteiger partial charge in [-0.05, 0) is 42.0 Å². The topological polar surface area (TPSA) is 41.6 Å². The predicted molar refractivity (Wildman–Crippen MR) is 95.4 cm³/mol. The van der Waals surface area contributed by atoms with E-state index in [0.717, 1.165) is 12.1 Å². The van der Waals surface area contributed by atoms with Crippen LogP contribution in [-0.2, 0) is 6.18 Å². The Kier molecular flexibility index (Phi) is 5.31. The molecule has 0 radical (unpaired) electrons. The summed E-state index contributed by atoms with van der Waals surface area (Å²) in [6.07, 6.45) is -4.41. The number of alkyl halides is 3. The lowest BCUT2D eigenvalue weighted by molar-refractivity contribution is -0.137. The van der Waals surface area contributed by atoms with Gasteiger partial charge < -0.3 is 15.0 Å². The van der Waals surface area contributed by atoms with Gasteiger partial charge in [0.25, 0.3) is 0 Å². The van der Waals surface area contributed by atoms with Crippen molar-refractivity contribution >= 4 is 23.5 Å². The van der Waals surface area contributed by atoms with Crippen molar-refractivity contribution in [3.8, 4) is 5.75 Å². The average Bonchev–Trinajstić information content (AvgIpc) is 3.12. The first kappa shape index (κ1) is 18.4. The third-order valence-electron chi connectivity index (χ3n) is 3.99. The summed E-state index contributed by atoms with van der Waals surface area (Å²) in [5, 5.41) is 2.33. The van der Waals surface area contributed by atoms with E-state index in [2.05, 4.69) is 5.32 Å². The second kappa shape index (κ2) is 7.49. The van der Waals surface area contributed by atoms with Crippen molar-refractivity contribution in [2.45, 2.75) is 11.6 Å². The molecule has 2 amide bonds. The SMILES string of the molecule is COc1ccc(NC(=O)N2CCS[C@H]2c2cccc(C(F)(F)F)c2)cc1. The highest BCUT2D eigenvalue weighted by Crippen LogP contribution is 2.40. The highest BCUT2D eigenvalue weighted by molar-refractivity contribution is 7.99. The molecule has 1 fully saturated rings. The number of benzene rings is 2. The molecule has 0 saturated carbocycles. The minimum absolute atomic E-state index is 0.345. The van der Waals surface area contributed by atoms with Crippen molar-refractivity contribution < 1.29 is 22.7 Å². The zero-order valence-corrected chi connectivity index (χ0v) is 14.7. The van der Waals surface area contributed by atoms with Gasteiger partial charge in [0.2, 0.25) is 0 Å². The Morgan fingerprint density at radius 2 is 1.96 bits per heavy atom. The van der Waals surface area contributed by atoms with Gasteiger partial charge in [-0.3, -0.25) is 0 Å². The number of thioether (sulfide) groups is 1. The second-order valence-corrected chi connectivity index (χ2v) is 6.89. The molecule has 0 unspecified atom stereocenters. The molecule has 0 aromatic heterocycles. The molecule has 1 N–H and O–H groups in total. The molecule has 0 aliphatic carbocycles. The fraction of sp³-hybridized carbons (Fsp3) is 0.278. The highest BCUT2D eigenvalue weighted by Gasteiger charge is 2.34. The van der Waals surface area contributed by atoms with Crippen molar-refractivity contribution in [3.05, 3.63) is 59.7 Å². The fourth-order valence-electron chi connectivity index (χ4n) is 2.69. The van der Waals surface area contributed by atoms with Crippen LogP contribution in [0.1, 0.15) is 16.5 Å². The zero-order chi connectivity index (χ0) is 18.7. The quantitative estimate of drug-likeness (QED) is 0.813. The van der Waals surface area contributed by atoms with Crippen molar-refractivity contribution in [2.24, 2.45) is 0 Å². The van der Waals surface area contributed by atoms with Crippen LogP contribution in [-0.4, -0.2) is 30.3 Å². The predicted octanol–water partition coefficient (Wildman–Crippen LogP) is 4.99. The fourth-order valence-corrected chi connectivity index (χ4v) is 3.94. The third-order valence-corrected chi connectivity index (χ3v) is 5.25. The summed E-state index contributed by atoms with van der Waals surface area (Å²) in [6, 6.07) is 11.6. The van der Waals surface area contributed by atoms with Gasteiger partial charge in [0.05, 0.1) is 12.7 Å². The molecule has 1 saturated heterocycles. The number of rotatable bonds is 3. The third kappa shape index (κ3) is 4.07. The summed E-state index contributed by atoms with van der Waals surface area (Å²) < 4.78 is 43.9. The monoisotopic (exact) mass is 382 g/mol. The van der Waals surface area contributed by atoms with E-state index in [1.165, 1.54) is 17.8 Å². The van der Waals surface area contributed by atoms with Crippen LogP contribution in [0, 0.1) is 0 Å². The van der Waals surface area contributed by atoms with E-state index >= 15 is 0 Å². The van der Waals surface area contributed by atoms with Gasteiger partial charge in [0.1, 0.15) is 11.1 Å². The largest absolute Gasteiger partial charge is 0.497 e. The standard InChI is InChI=1S/C18H17F3N2O2S/c1-25-15-7-5-14(6-8-15)22-17(24)23-9-10-26-16(23)12-3-2-4-13(11-12)18(19,20)21/h2-8,11,16H,9-10H2,1H3,(H,22,24)/t16-/m0/s1. The zero-order valence-electron chi connectivity index (χ0n) is 13.9. The number of carbonyl (C=O) groups excluding carboxylic acids is 1. The first-order valence-corrected chi connectivity index (χ1v) is 8.94. The number of anilines is 1. The molecule has 2 aromatic carbocycles. The number of nitrogens with zero attached hydrogens (tertiary/aromatic N) is 1. The Labute approximate surface area is 153 Å². The van der Waals surface area contributed by atoms with E-state index in [1.807, 2.05) is 0 Å². The number of halogens is 3. The maximum atomic E-state index is 12.9. The summed E-state index contributed by atoms with van der Waals surface area (Å²) in [5.41, 5.74) is 0.348. The summed E-state index contributed by atoms with van der Waals surface area (Å²) in [7, 11) is 1.55. The van der Waals surface area contributed by atoms with Crippen molar-refractivity contribution in [1.29, 1.82) is 0 Å². The average molecular weight is 382 g/mol. The molecule has 1 heterocycles. The molecule has 4 nitrogen and oxygen atoms in total. The normalized spacial score (nSPS) is 17.2. The number of amides is 2. The highest BCUT2D eigenvalue weighted by atomic mass is 32.2. The number of ether oxygens (including phenoxy) is 1. The van der Waals surface area contributed by atoms with Gasteiger partial charge in [-0.1, -0.05) is 12.1 Å². The molecule has 8 heteroatoms. The van der Waals surface area contributed by atoms with Crippen LogP contribution in [0.5, 0.6) is 5.75 Å². The van der Waals surface area contributed by atoms with Gasteiger partial charge in [0, 0.05) is 18.0 Å². The Balaban J connectivity index is 1.76. The molecule has 1 aliphatic heterocycles. The maximum Gasteiger partial charge on any atom is 0.416 e. The van der Waals surface area contributed by atoms with E-state index in [9.17, 15) is 18.0 Å².